The second-order valence-corrected chi connectivity index (χ2v) is 6.50. The molecule has 1 aliphatic heterocycles. The molecule has 7 nitrogen and oxygen atoms in total. The standard InChI is InChI=1S/C16H15BrN6O/c17-12-3-5-13(6-4-12)21-8-10-22(11-9-21)16(24)23-14-2-1-7-18-15(14)19-20-23/h1-7H,8-11H2. The van der Waals surface area contributed by atoms with Gasteiger partial charge in [0.2, 0.25) is 5.65 Å². The summed E-state index contributed by atoms with van der Waals surface area (Å²) in [7, 11) is 0. The highest BCUT2D eigenvalue weighted by Crippen LogP contribution is 2.20. The number of fused-ring (bicyclic) bond motifs is 1. The molecule has 3 aromatic rings. The Labute approximate surface area is 147 Å². The maximum Gasteiger partial charge on any atom is 0.346 e. The molecule has 0 unspecified atom stereocenters. The summed E-state index contributed by atoms with van der Waals surface area (Å²) in [5, 5.41) is 7.90. The number of piperazine rings is 1. The van der Waals surface area contributed by atoms with Gasteiger partial charge in [0.25, 0.3) is 0 Å². The first-order valence-electron chi connectivity index (χ1n) is 7.68. The van der Waals surface area contributed by atoms with Gasteiger partial charge in [-0.3, -0.25) is 0 Å². The number of halogens is 1. The lowest BCUT2D eigenvalue weighted by molar-refractivity contribution is 0.193. The number of pyridine rings is 1. The molecule has 1 fully saturated rings. The summed E-state index contributed by atoms with van der Waals surface area (Å²) < 4.78 is 2.39. The van der Waals surface area contributed by atoms with Crippen molar-refractivity contribution >= 4 is 38.8 Å². The van der Waals surface area contributed by atoms with Gasteiger partial charge in [0, 0.05) is 42.5 Å². The predicted octanol–water partition coefficient (Wildman–Crippen LogP) is 2.38. The Balaban J connectivity index is 1.47. The van der Waals surface area contributed by atoms with E-state index in [4.69, 9.17) is 0 Å². The topological polar surface area (TPSA) is 67.2 Å². The summed E-state index contributed by atoms with van der Waals surface area (Å²) in [5.41, 5.74) is 2.29. The molecule has 0 N–H and O–H groups in total. The third-order valence-electron chi connectivity index (χ3n) is 4.15. The van der Waals surface area contributed by atoms with Crippen LogP contribution in [0.15, 0.2) is 47.1 Å². The predicted molar refractivity (Wildman–Crippen MR) is 94.0 cm³/mol. The molecule has 0 aliphatic carbocycles. The fourth-order valence-electron chi connectivity index (χ4n) is 2.85. The summed E-state index contributed by atoms with van der Waals surface area (Å²) in [6, 6.07) is 11.7. The minimum absolute atomic E-state index is 0.152. The first kappa shape index (κ1) is 15.1. The van der Waals surface area contributed by atoms with Crippen molar-refractivity contribution in [2.45, 2.75) is 0 Å². The van der Waals surface area contributed by atoms with Crippen LogP contribution in [0, 0.1) is 0 Å². The van der Waals surface area contributed by atoms with Gasteiger partial charge in [0.15, 0.2) is 0 Å². The summed E-state index contributed by atoms with van der Waals surface area (Å²) >= 11 is 3.45. The first-order chi connectivity index (χ1) is 11.7. The number of benzene rings is 1. The van der Waals surface area contributed by atoms with Gasteiger partial charge in [-0.25, -0.2) is 9.78 Å². The molecule has 8 heteroatoms. The molecule has 2 aromatic heterocycles. The molecule has 24 heavy (non-hydrogen) atoms. The molecule has 1 aromatic carbocycles. The van der Waals surface area contributed by atoms with Crippen molar-refractivity contribution in [3.63, 3.8) is 0 Å². The van der Waals surface area contributed by atoms with Gasteiger partial charge in [-0.15, -0.1) is 5.10 Å². The molecule has 0 bridgehead atoms. The molecule has 1 saturated heterocycles. The average Bonchev–Trinajstić information content (AvgIpc) is 3.06. The van der Waals surface area contributed by atoms with Crippen molar-refractivity contribution in [3.05, 3.63) is 47.1 Å². The van der Waals surface area contributed by atoms with E-state index in [1.54, 1.807) is 23.2 Å². The lowest BCUT2D eigenvalue weighted by atomic mass is 10.2. The summed E-state index contributed by atoms with van der Waals surface area (Å²) in [4.78, 5) is 20.9. The molecular formula is C16H15BrN6O. The summed E-state index contributed by atoms with van der Waals surface area (Å²) in [5.74, 6) is 0. The van der Waals surface area contributed by atoms with E-state index >= 15 is 0 Å². The highest BCUT2D eigenvalue weighted by Gasteiger charge is 2.24. The van der Waals surface area contributed by atoms with E-state index in [0.717, 1.165) is 17.6 Å². The van der Waals surface area contributed by atoms with Crippen LogP contribution >= 0.6 is 15.9 Å². The van der Waals surface area contributed by atoms with Crippen LogP contribution in [-0.2, 0) is 0 Å². The van der Waals surface area contributed by atoms with Crippen molar-refractivity contribution in [1.29, 1.82) is 0 Å². The fraction of sp³-hybridized carbons (Fsp3) is 0.250. The summed E-state index contributed by atoms with van der Waals surface area (Å²) in [6.07, 6.45) is 1.64. The van der Waals surface area contributed by atoms with Gasteiger partial charge < -0.3 is 9.80 Å². The molecule has 0 radical (unpaired) electrons. The largest absolute Gasteiger partial charge is 0.368 e. The van der Waals surface area contributed by atoms with Crippen molar-refractivity contribution in [1.82, 2.24) is 24.9 Å². The van der Waals surface area contributed by atoms with Gasteiger partial charge in [-0.05, 0) is 36.4 Å². The van der Waals surface area contributed by atoms with E-state index in [1.807, 2.05) is 12.1 Å². The van der Waals surface area contributed by atoms with E-state index in [2.05, 4.69) is 48.3 Å². The Morgan fingerprint density at radius 1 is 1.04 bits per heavy atom. The van der Waals surface area contributed by atoms with E-state index in [-0.39, 0.29) is 6.03 Å². The molecule has 122 valence electrons. The van der Waals surface area contributed by atoms with Crippen molar-refractivity contribution < 1.29 is 4.79 Å². The Morgan fingerprint density at radius 3 is 2.54 bits per heavy atom. The van der Waals surface area contributed by atoms with Gasteiger partial charge >= 0.3 is 6.03 Å². The quantitative estimate of drug-likeness (QED) is 0.642. The first-order valence-corrected chi connectivity index (χ1v) is 8.48. The van der Waals surface area contributed by atoms with Gasteiger partial charge in [-0.1, -0.05) is 21.1 Å². The lowest BCUT2D eigenvalue weighted by Gasteiger charge is -2.35. The van der Waals surface area contributed by atoms with Crippen LogP contribution in [0.4, 0.5) is 10.5 Å². The molecule has 1 amide bonds. The third-order valence-corrected chi connectivity index (χ3v) is 4.67. The maximum atomic E-state index is 12.7. The van der Waals surface area contributed by atoms with Crippen LogP contribution in [0.3, 0.4) is 0 Å². The molecule has 3 heterocycles. The van der Waals surface area contributed by atoms with Crippen LogP contribution in [0.5, 0.6) is 0 Å². The Hall–Kier alpha value is -2.48. The van der Waals surface area contributed by atoms with E-state index in [0.29, 0.717) is 24.3 Å². The van der Waals surface area contributed by atoms with Gasteiger partial charge in [0.1, 0.15) is 5.52 Å². The van der Waals surface area contributed by atoms with Gasteiger partial charge in [-0.2, -0.15) is 4.68 Å². The fourth-order valence-corrected chi connectivity index (χ4v) is 3.11. The number of hydrogen-bond donors (Lipinski definition) is 0. The molecule has 1 aliphatic rings. The van der Waals surface area contributed by atoms with Crippen LogP contribution in [0.1, 0.15) is 0 Å². The Bertz CT molecular complexity index is 870. The molecule has 0 spiro atoms. The molecule has 0 atom stereocenters. The van der Waals surface area contributed by atoms with Crippen LogP contribution in [-0.4, -0.2) is 57.1 Å². The molecule has 4 rings (SSSR count). The number of aromatic nitrogens is 4. The summed E-state index contributed by atoms with van der Waals surface area (Å²) in [6.45, 7) is 2.88. The zero-order chi connectivity index (χ0) is 16.5. The van der Waals surface area contributed by atoms with E-state index in [9.17, 15) is 4.79 Å². The number of rotatable bonds is 1. The SMILES string of the molecule is O=C(N1CCN(c2ccc(Br)cc2)CC1)n1nnc2ncccc21. The number of anilines is 1. The monoisotopic (exact) mass is 386 g/mol. The van der Waals surface area contributed by atoms with E-state index in [1.165, 1.54) is 10.4 Å². The van der Waals surface area contributed by atoms with Crippen LogP contribution in [0.25, 0.3) is 11.2 Å². The number of nitrogens with zero attached hydrogens (tertiary/aromatic N) is 6. The van der Waals surface area contributed by atoms with Gasteiger partial charge in [0.05, 0.1) is 0 Å². The minimum Gasteiger partial charge on any atom is -0.368 e. The minimum atomic E-state index is -0.152. The number of hydrogen-bond acceptors (Lipinski definition) is 5. The smallest absolute Gasteiger partial charge is 0.346 e. The van der Waals surface area contributed by atoms with Crippen molar-refractivity contribution in [2.24, 2.45) is 0 Å². The van der Waals surface area contributed by atoms with Crippen LogP contribution in [0.2, 0.25) is 0 Å². The lowest BCUT2D eigenvalue weighted by Crippen LogP contribution is -2.50. The van der Waals surface area contributed by atoms with Crippen molar-refractivity contribution in [2.75, 3.05) is 31.1 Å². The maximum absolute atomic E-state index is 12.7. The Kier molecular flexibility index (Phi) is 3.89. The second-order valence-electron chi connectivity index (χ2n) is 5.58. The highest BCUT2D eigenvalue weighted by molar-refractivity contribution is 9.10. The van der Waals surface area contributed by atoms with Crippen LogP contribution < -0.4 is 4.90 Å². The zero-order valence-corrected chi connectivity index (χ0v) is 14.4. The normalized spacial score (nSPS) is 15.0. The highest BCUT2D eigenvalue weighted by atomic mass is 79.9. The second kappa shape index (κ2) is 6.20. The number of carbonyl (C=O) groups excluding carboxylic acids is 1. The Morgan fingerprint density at radius 2 is 1.79 bits per heavy atom. The third kappa shape index (κ3) is 2.73. The number of amides is 1. The average molecular weight is 387 g/mol. The molecular weight excluding hydrogens is 372 g/mol. The van der Waals surface area contributed by atoms with Crippen molar-refractivity contribution in [3.8, 4) is 0 Å². The van der Waals surface area contributed by atoms with E-state index < -0.39 is 0 Å². The number of carbonyl (C=O) groups is 1. The molecule has 0 saturated carbocycles. The zero-order valence-electron chi connectivity index (χ0n) is 12.8.